The maximum Gasteiger partial charge on any atom is 0.254 e. The number of carbonyl (C=O) groups excluding carboxylic acids is 3. The second-order valence-electron chi connectivity index (χ2n) is 8.56. The fourth-order valence-electron chi connectivity index (χ4n) is 4.83. The smallest absolute Gasteiger partial charge is 0.254 e. The number of amides is 3. The Kier molecular flexibility index (Phi) is 5.72. The monoisotopic (exact) mass is 459 g/mol. The molecule has 0 spiro atoms. The molecule has 1 aromatic heterocycles. The fraction of sp³-hybridized carbons (Fsp3) is 0.269. The highest BCUT2D eigenvalue weighted by Crippen LogP contribution is 2.38. The van der Waals surface area contributed by atoms with Crippen molar-refractivity contribution in [2.45, 2.75) is 44.7 Å². The van der Waals surface area contributed by atoms with Crippen LogP contribution in [0, 0.1) is 0 Å². The standard InChI is InChI=1S/C26H25N3O3S/c27-23(30)22-19-12-6-7-13-21(19)33-25(22)28-24(31)20-14-17-10-4-5-11-18(17)15-29(20)26(32)16-8-2-1-3-9-16/h1-5,8-11,20H,6-7,12-15H2,(H2,27,30)(H,28,31)/t20-/m0/s1. The summed E-state index contributed by atoms with van der Waals surface area (Å²) in [6, 6.07) is 16.2. The first-order valence-electron chi connectivity index (χ1n) is 11.2. The molecule has 0 radical (unpaired) electrons. The number of nitrogens with two attached hydrogens (primary N) is 1. The van der Waals surface area contributed by atoms with E-state index < -0.39 is 11.9 Å². The second kappa shape index (κ2) is 8.83. The van der Waals surface area contributed by atoms with Gasteiger partial charge in [-0.15, -0.1) is 11.3 Å². The van der Waals surface area contributed by atoms with Gasteiger partial charge in [0.1, 0.15) is 11.0 Å². The third-order valence-electron chi connectivity index (χ3n) is 6.49. The summed E-state index contributed by atoms with van der Waals surface area (Å²) in [4.78, 5) is 41.9. The topological polar surface area (TPSA) is 92.5 Å². The number of carbonyl (C=O) groups is 3. The van der Waals surface area contributed by atoms with Crippen molar-refractivity contribution >= 4 is 34.1 Å². The van der Waals surface area contributed by atoms with Crippen LogP contribution >= 0.6 is 11.3 Å². The largest absolute Gasteiger partial charge is 0.365 e. The van der Waals surface area contributed by atoms with Gasteiger partial charge in [-0.2, -0.15) is 0 Å². The van der Waals surface area contributed by atoms with Gasteiger partial charge in [-0.1, -0.05) is 42.5 Å². The third-order valence-corrected chi connectivity index (χ3v) is 7.69. The number of rotatable bonds is 4. The van der Waals surface area contributed by atoms with E-state index in [-0.39, 0.29) is 11.8 Å². The van der Waals surface area contributed by atoms with Crippen molar-refractivity contribution in [3.8, 4) is 0 Å². The van der Waals surface area contributed by atoms with E-state index in [2.05, 4.69) is 5.32 Å². The molecule has 3 N–H and O–H groups in total. The van der Waals surface area contributed by atoms with E-state index in [1.165, 1.54) is 11.3 Å². The molecule has 0 fully saturated rings. The Morgan fingerprint density at radius 2 is 1.64 bits per heavy atom. The Labute approximate surface area is 196 Å². The van der Waals surface area contributed by atoms with Gasteiger partial charge in [0.25, 0.3) is 11.8 Å². The molecule has 2 aromatic carbocycles. The fourth-order valence-corrected chi connectivity index (χ4v) is 6.12. The molecular formula is C26H25N3O3S. The minimum absolute atomic E-state index is 0.189. The molecule has 5 rings (SSSR count). The number of aryl methyl sites for hydroxylation is 1. The summed E-state index contributed by atoms with van der Waals surface area (Å²) in [6.45, 7) is 0.353. The van der Waals surface area contributed by atoms with Crippen LogP contribution in [-0.2, 0) is 30.6 Å². The Bertz CT molecular complexity index is 1230. The van der Waals surface area contributed by atoms with Crippen LogP contribution < -0.4 is 11.1 Å². The van der Waals surface area contributed by atoms with E-state index in [1.54, 1.807) is 17.0 Å². The molecule has 1 atom stereocenters. The van der Waals surface area contributed by atoms with Gasteiger partial charge in [0.05, 0.1) is 5.56 Å². The van der Waals surface area contributed by atoms with Gasteiger partial charge in [0, 0.05) is 23.4 Å². The lowest BCUT2D eigenvalue weighted by Crippen LogP contribution is -2.50. The molecular weight excluding hydrogens is 434 g/mol. The molecule has 6 nitrogen and oxygen atoms in total. The molecule has 3 aromatic rings. The summed E-state index contributed by atoms with van der Waals surface area (Å²) >= 11 is 1.44. The predicted molar refractivity (Wildman–Crippen MR) is 128 cm³/mol. The summed E-state index contributed by atoms with van der Waals surface area (Å²) in [7, 11) is 0. The normalized spacial score (nSPS) is 17.1. The zero-order chi connectivity index (χ0) is 22.9. The van der Waals surface area contributed by atoms with Gasteiger partial charge in [0.15, 0.2) is 0 Å². The first-order valence-corrected chi connectivity index (χ1v) is 12.0. The Morgan fingerprint density at radius 1 is 0.939 bits per heavy atom. The number of benzene rings is 2. The Hall–Kier alpha value is -3.45. The molecule has 2 heterocycles. The van der Waals surface area contributed by atoms with Crippen LogP contribution in [-0.4, -0.2) is 28.7 Å². The van der Waals surface area contributed by atoms with Gasteiger partial charge in [-0.05, 0) is 54.5 Å². The summed E-state index contributed by atoms with van der Waals surface area (Å²) in [5.41, 5.74) is 9.74. The van der Waals surface area contributed by atoms with Crippen LogP contribution in [0.2, 0.25) is 0 Å². The second-order valence-corrected chi connectivity index (χ2v) is 9.66. The van der Waals surface area contributed by atoms with E-state index in [4.69, 9.17) is 5.73 Å². The van der Waals surface area contributed by atoms with Crippen molar-refractivity contribution in [1.82, 2.24) is 4.90 Å². The predicted octanol–water partition coefficient (Wildman–Crippen LogP) is 3.93. The quantitative estimate of drug-likeness (QED) is 0.619. The van der Waals surface area contributed by atoms with E-state index in [0.717, 1.165) is 47.3 Å². The van der Waals surface area contributed by atoms with Gasteiger partial charge in [0.2, 0.25) is 5.91 Å². The molecule has 0 unspecified atom stereocenters. The van der Waals surface area contributed by atoms with Crippen molar-refractivity contribution in [2.24, 2.45) is 5.73 Å². The first-order chi connectivity index (χ1) is 16.0. The number of fused-ring (bicyclic) bond motifs is 2. The molecule has 168 valence electrons. The van der Waals surface area contributed by atoms with Crippen molar-refractivity contribution < 1.29 is 14.4 Å². The molecule has 3 amide bonds. The zero-order valence-corrected chi connectivity index (χ0v) is 19.0. The summed E-state index contributed by atoms with van der Waals surface area (Å²) in [6.07, 6.45) is 4.19. The maximum atomic E-state index is 13.6. The lowest BCUT2D eigenvalue weighted by Gasteiger charge is -2.36. The number of nitrogens with one attached hydrogen (secondary N) is 1. The van der Waals surface area contributed by atoms with Crippen LogP contribution in [0.3, 0.4) is 0 Å². The van der Waals surface area contributed by atoms with Crippen molar-refractivity contribution in [2.75, 3.05) is 5.32 Å². The van der Waals surface area contributed by atoms with E-state index in [0.29, 0.717) is 29.1 Å². The summed E-state index contributed by atoms with van der Waals surface area (Å²) < 4.78 is 0. The number of thiophene rings is 1. The highest BCUT2D eigenvalue weighted by atomic mass is 32.1. The van der Waals surface area contributed by atoms with Crippen LogP contribution in [0.25, 0.3) is 0 Å². The highest BCUT2D eigenvalue weighted by molar-refractivity contribution is 7.17. The Balaban J connectivity index is 1.48. The van der Waals surface area contributed by atoms with Crippen LogP contribution in [0.1, 0.15) is 55.1 Å². The van der Waals surface area contributed by atoms with E-state index >= 15 is 0 Å². The SMILES string of the molecule is NC(=O)c1c(NC(=O)[C@@H]2Cc3ccccc3CN2C(=O)c2ccccc2)sc2c1CCCC2. The van der Waals surface area contributed by atoms with Crippen molar-refractivity contribution in [1.29, 1.82) is 0 Å². The number of hydrogen-bond acceptors (Lipinski definition) is 4. The zero-order valence-electron chi connectivity index (χ0n) is 18.2. The summed E-state index contributed by atoms with van der Waals surface area (Å²) in [5, 5.41) is 3.48. The molecule has 7 heteroatoms. The average molecular weight is 460 g/mol. The molecule has 1 aliphatic carbocycles. The number of primary amides is 1. The lowest BCUT2D eigenvalue weighted by atomic mass is 9.92. The van der Waals surface area contributed by atoms with Gasteiger partial charge in [-0.25, -0.2) is 0 Å². The van der Waals surface area contributed by atoms with Gasteiger partial charge >= 0.3 is 0 Å². The van der Waals surface area contributed by atoms with E-state index in [9.17, 15) is 14.4 Å². The van der Waals surface area contributed by atoms with Gasteiger partial charge < -0.3 is 16.0 Å². The number of nitrogens with zero attached hydrogens (tertiary/aromatic N) is 1. The molecule has 33 heavy (non-hydrogen) atoms. The minimum atomic E-state index is -0.688. The number of hydrogen-bond donors (Lipinski definition) is 2. The molecule has 0 saturated carbocycles. The highest BCUT2D eigenvalue weighted by Gasteiger charge is 2.36. The van der Waals surface area contributed by atoms with Gasteiger partial charge in [-0.3, -0.25) is 14.4 Å². The minimum Gasteiger partial charge on any atom is -0.365 e. The van der Waals surface area contributed by atoms with E-state index in [1.807, 2.05) is 42.5 Å². The summed E-state index contributed by atoms with van der Waals surface area (Å²) in [5.74, 6) is -1.00. The molecule has 0 bridgehead atoms. The average Bonchev–Trinajstić information content (AvgIpc) is 3.21. The molecule has 0 saturated heterocycles. The van der Waals surface area contributed by atoms with Crippen LogP contribution in [0.5, 0.6) is 0 Å². The third kappa shape index (κ3) is 4.04. The van der Waals surface area contributed by atoms with Crippen LogP contribution in [0.4, 0.5) is 5.00 Å². The molecule has 2 aliphatic rings. The maximum absolute atomic E-state index is 13.6. The number of anilines is 1. The molecule has 1 aliphatic heterocycles. The first kappa shape index (κ1) is 21.4. The van der Waals surface area contributed by atoms with Crippen molar-refractivity contribution in [3.63, 3.8) is 0 Å². The Morgan fingerprint density at radius 3 is 2.39 bits per heavy atom. The lowest BCUT2D eigenvalue weighted by molar-refractivity contribution is -0.121. The van der Waals surface area contributed by atoms with Crippen molar-refractivity contribution in [3.05, 3.63) is 87.3 Å². The van der Waals surface area contributed by atoms with Crippen LogP contribution in [0.15, 0.2) is 54.6 Å².